The van der Waals surface area contributed by atoms with Gasteiger partial charge in [-0.05, 0) is 18.6 Å². The zero-order chi connectivity index (χ0) is 6.57. The Morgan fingerprint density at radius 3 is 2.38 bits per heavy atom. The Balaban J connectivity index is 3.46. The van der Waals surface area contributed by atoms with E-state index in [2.05, 4.69) is 13.8 Å². The first kappa shape index (κ1) is 8.44. The highest BCUT2D eigenvalue weighted by atomic mass is 32.2. The molecular weight excluding hydrogens is 136 g/mol. The third-order valence-corrected chi connectivity index (χ3v) is 2.92. The van der Waals surface area contributed by atoms with E-state index in [0.29, 0.717) is 5.92 Å². The molecule has 1 atom stereocenters. The van der Waals surface area contributed by atoms with E-state index in [1.807, 2.05) is 6.26 Å². The number of rotatable bonds is 2. The van der Waals surface area contributed by atoms with Gasteiger partial charge in [0.2, 0.25) is 0 Å². The summed E-state index contributed by atoms with van der Waals surface area (Å²) in [5, 5.41) is 0. The Hall–Kier alpha value is 0.440. The molecule has 0 aliphatic carbocycles. The molecule has 0 aromatic carbocycles. The van der Waals surface area contributed by atoms with Gasteiger partial charge in [0.05, 0.1) is 4.20 Å². The molecule has 2 heteroatoms. The minimum Gasteiger partial charge on any atom is -0.122 e. The van der Waals surface area contributed by atoms with Crippen molar-refractivity contribution >= 4 is 28.2 Å². The van der Waals surface area contributed by atoms with Gasteiger partial charge in [-0.1, -0.05) is 26.1 Å². The molecule has 0 aromatic rings. The van der Waals surface area contributed by atoms with E-state index >= 15 is 0 Å². The molecule has 0 heterocycles. The lowest BCUT2D eigenvalue weighted by Gasteiger charge is -2.05. The van der Waals surface area contributed by atoms with Crippen LogP contribution in [0.1, 0.15) is 20.3 Å². The molecule has 0 nitrogen and oxygen atoms in total. The van der Waals surface area contributed by atoms with E-state index in [4.69, 9.17) is 12.2 Å². The van der Waals surface area contributed by atoms with Gasteiger partial charge < -0.3 is 0 Å². The average molecular weight is 148 g/mol. The Kier molecular flexibility index (Phi) is 4.57. The smallest absolute Gasteiger partial charge is 0.0503 e. The quantitative estimate of drug-likeness (QED) is 0.552. The van der Waals surface area contributed by atoms with Crippen molar-refractivity contribution in [3.63, 3.8) is 0 Å². The largest absolute Gasteiger partial charge is 0.122 e. The van der Waals surface area contributed by atoms with Gasteiger partial charge in [-0.25, -0.2) is 0 Å². The molecule has 0 amide bonds. The maximum absolute atomic E-state index is 5.04. The van der Waals surface area contributed by atoms with Gasteiger partial charge in [0, 0.05) is 0 Å². The highest BCUT2D eigenvalue weighted by molar-refractivity contribution is 8.22. The predicted octanol–water partition coefficient (Wildman–Crippen LogP) is 2.72. The first-order chi connectivity index (χ1) is 3.72. The molecule has 0 aliphatic heterocycles. The van der Waals surface area contributed by atoms with E-state index in [1.54, 1.807) is 11.8 Å². The van der Waals surface area contributed by atoms with Crippen LogP contribution in [-0.4, -0.2) is 10.5 Å². The highest BCUT2D eigenvalue weighted by Crippen LogP contribution is 2.12. The molecule has 0 N–H and O–H groups in total. The SMILES string of the molecule is CC[C@@H](C)C(=S)SC. The standard InChI is InChI=1S/C6H12S2/c1-4-5(2)6(7)8-3/h5H,4H2,1-3H3/t5-/m1/s1. The summed E-state index contributed by atoms with van der Waals surface area (Å²) in [4.78, 5) is 0. The fourth-order valence-corrected chi connectivity index (χ4v) is 1.10. The molecule has 0 unspecified atom stereocenters. The fraction of sp³-hybridized carbons (Fsp3) is 0.833. The first-order valence-electron chi connectivity index (χ1n) is 2.80. The van der Waals surface area contributed by atoms with Crippen LogP contribution in [0.25, 0.3) is 0 Å². The summed E-state index contributed by atoms with van der Waals surface area (Å²) in [6, 6.07) is 0. The second-order valence-electron chi connectivity index (χ2n) is 1.83. The summed E-state index contributed by atoms with van der Waals surface area (Å²) in [5.41, 5.74) is 0. The monoisotopic (exact) mass is 148 g/mol. The lowest BCUT2D eigenvalue weighted by molar-refractivity contribution is 0.759. The van der Waals surface area contributed by atoms with Gasteiger partial charge in [0.1, 0.15) is 0 Å². The zero-order valence-electron chi connectivity index (χ0n) is 5.60. The van der Waals surface area contributed by atoms with Crippen LogP contribution in [0, 0.1) is 5.92 Å². The summed E-state index contributed by atoms with van der Waals surface area (Å²) >= 11 is 6.73. The minimum absolute atomic E-state index is 0.611. The zero-order valence-corrected chi connectivity index (χ0v) is 7.23. The Labute approximate surface area is 61.0 Å². The van der Waals surface area contributed by atoms with E-state index in [1.165, 1.54) is 6.42 Å². The summed E-state index contributed by atoms with van der Waals surface area (Å²) < 4.78 is 1.13. The van der Waals surface area contributed by atoms with Crippen molar-refractivity contribution in [1.29, 1.82) is 0 Å². The van der Waals surface area contributed by atoms with Gasteiger partial charge in [-0.15, -0.1) is 11.8 Å². The van der Waals surface area contributed by atoms with Crippen molar-refractivity contribution < 1.29 is 0 Å². The molecule has 48 valence electrons. The van der Waals surface area contributed by atoms with Gasteiger partial charge >= 0.3 is 0 Å². The van der Waals surface area contributed by atoms with E-state index < -0.39 is 0 Å². The molecule has 8 heavy (non-hydrogen) atoms. The van der Waals surface area contributed by atoms with Crippen LogP contribution in [0.3, 0.4) is 0 Å². The molecule has 0 spiro atoms. The lowest BCUT2D eigenvalue weighted by Crippen LogP contribution is -2.00. The summed E-state index contributed by atoms with van der Waals surface area (Å²) in [6.07, 6.45) is 3.20. The van der Waals surface area contributed by atoms with Crippen LogP contribution < -0.4 is 0 Å². The number of hydrogen-bond donors (Lipinski definition) is 0. The molecule has 0 rings (SSSR count). The van der Waals surface area contributed by atoms with Crippen molar-refractivity contribution in [1.82, 2.24) is 0 Å². The molecule has 0 fully saturated rings. The summed E-state index contributed by atoms with van der Waals surface area (Å²) in [6.45, 7) is 4.33. The molecule has 0 saturated carbocycles. The molecule has 0 saturated heterocycles. The lowest BCUT2D eigenvalue weighted by atomic mass is 10.2. The van der Waals surface area contributed by atoms with Gasteiger partial charge in [0.15, 0.2) is 0 Å². The van der Waals surface area contributed by atoms with Crippen molar-refractivity contribution in [3.8, 4) is 0 Å². The normalized spacial score (nSPS) is 13.4. The van der Waals surface area contributed by atoms with Crippen LogP contribution in [0.15, 0.2) is 0 Å². The van der Waals surface area contributed by atoms with Crippen LogP contribution in [-0.2, 0) is 0 Å². The molecule has 0 aliphatic rings. The molecule has 0 aromatic heterocycles. The van der Waals surface area contributed by atoms with Crippen molar-refractivity contribution in [2.75, 3.05) is 6.26 Å². The Bertz CT molecular complexity index is 78.6. The summed E-state index contributed by atoms with van der Waals surface area (Å²) in [5.74, 6) is 0.611. The Morgan fingerprint density at radius 2 is 2.25 bits per heavy atom. The average Bonchev–Trinajstić information content (AvgIpc) is 1.84. The van der Waals surface area contributed by atoms with Crippen molar-refractivity contribution in [2.45, 2.75) is 20.3 Å². The van der Waals surface area contributed by atoms with Crippen LogP contribution >= 0.6 is 24.0 Å². The summed E-state index contributed by atoms with van der Waals surface area (Å²) in [7, 11) is 0. The third-order valence-electron chi connectivity index (χ3n) is 1.22. The first-order valence-corrected chi connectivity index (χ1v) is 4.43. The van der Waals surface area contributed by atoms with Crippen LogP contribution in [0.5, 0.6) is 0 Å². The number of hydrogen-bond acceptors (Lipinski definition) is 2. The maximum Gasteiger partial charge on any atom is 0.0503 e. The van der Waals surface area contributed by atoms with E-state index in [0.717, 1.165) is 4.20 Å². The number of thiocarbonyl (C=S) groups is 1. The maximum atomic E-state index is 5.04. The second-order valence-corrected chi connectivity index (χ2v) is 3.38. The Morgan fingerprint density at radius 1 is 1.75 bits per heavy atom. The highest BCUT2D eigenvalue weighted by Gasteiger charge is 2.02. The van der Waals surface area contributed by atoms with Gasteiger partial charge in [-0.2, -0.15) is 0 Å². The number of thioether (sulfide) groups is 1. The van der Waals surface area contributed by atoms with Gasteiger partial charge in [-0.3, -0.25) is 0 Å². The topological polar surface area (TPSA) is 0 Å². The van der Waals surface area contributed by atoms with E-state index in [-0.39, 0.29) is 0 Å². The van der Waals surface area contributed by atoms with Crippen LogP contribution in [0.2, 0.25) is 0 Å². The van der Waals surface area contributed by atoms with Crippen molar-refractivity contribution in [3.05, 3.63) is 0 Å². The second kappa shape index (κ2) is 4.33. The fourth-order valence-electron chi connectivity index (χ4n) is 0.368. The third kappa shape index (κ3) is 2.68. The molecular formula is C6H12S2. The minimum atomic E-state index is 0.611. The van der Waals surface area contributed by atoms with Crippen molar-refractivity contribution in [2.24, 2.45) is 5.92 Å². The van der Waals surface area contributed by atoms with E-state index in [9.17, 15) is 0 Å². The predicted molar refractivity (Wildman–Crippen MR) is 45.6 cm³/mol. The van der Waals surface area contributed by atoms with Crippen LogP contribution in [0.4, 0.5) is 0 Å². The molecule has 0 bridgehead atoms. The van der Waals surface area contributed by atoms with Gasteiger partial charge in [0.25, 0.3) is 0 Å². The molecule has 0 radical (unpaired) electrons.